The summed E-state index contributed by atoms with van der Waals surface area (Å²) in [6.07, 6.45) is 1.70. The number of hydrogen-bond acceptors (Lipinski definition) is 6. The van der Waals surface area contributed by atoms with Crippen LogP contribution >= 0.6 is 35.0 Å². The number of nitrogens with zero attached hydrogens (tertiary/aromatic N) is 3. The molecule has 1 aliphatic heterocycles. The van der Waals surface area contributed by atoms with E-state index >= 15 is 0 Å². The monoisotopic (exact) mass is 438 g/mol. The van der Waals surface area contributed by atoms with Crippen molar-refractivity contribution in [1.82, 2.24) is 15.2 Å². The summed E-state index contributed by atoms with van der Waals surface area (Å²) in [5.74, 6) is 0.879. The first-order valence-electron chi connectivity index (χ1n) is 8.78. The van der Waals surface area contributed by atoms with Crippen LogP contribution in [0.25, 0.3) is 0 Å². The van der Waals surface area contributed by atoms with Gasteiger partial charge in [0.05, 0.1) is 10.7 Å². The second kappa shape index (κ2) is 9.49. The van der Waals surface area contributed by atoms with Crippen molar-refractivity contribution in [3.05, 3.63) is 85.5 Å². The van der Waals surface area contributed by atoms with E-state index < -0.39 is 0 Å². The van der Waals surface area contributed by atoms with E-state index in [-0.39, 0.29) is 15.9 Å². The third-order valence-electron chi connectivity index (χ3n) is 4.46. The molecule has 2 heterocycles. The zero-order valence-corrected chi connectivity index (χ0v) is 17.6. The summed E-state index contributed by atoms with van der Waals surface area (Å²) in [6.45, 7) is 3.95. The van der Waals surface area contributed by atoms with Gasteiger partial charge in [0, 0.05) is 36.1 Å². The first kappa shape index (κ1) is 20.8. The van der Waals surface area contributed by atoms with Crippen molar-refractivity contribution >= 4 is 35.0 Å². The van der Waals surface area contributed by atoms with E-state index in [0.29, 0.717) is 41.4 Å². The Balaban J connectivity index is 1.73. The number of hydrogen-bond donors (Lipinski definition) is 1. The number of rotatable bonds is 7. The summed E-state index contributed by atoms with van der Waals surface area (Å²) in [6, 6.07) is 11.2. The molecule has 28 heavy (non-hydrogen) atoms. The second-order valence-electron chi connectivity index (χ2n) is 6.39. The highest BCUT2D eigenvalue weighted by Crippen LogP contribution is 2.31. The molecular formula is C19H20Cl2N4O2S. The van der Waals surface area contributed by atoms with Crippen molar-refractivity contribution in [2.75, 3.05) is 18.8 Å². The van der Waals surface area contributed by atoms with Gasteiger partial charge in [0.15, 0.2) is 5.82 Å². The van der Waals surface area contributed by atoms with Gasteiger partial charge >= 0.3 is 0 Å². The van der Waals surface area contributed by atoms with Gasteiger partial charge in [0.25, 0.3) is 5.70 Å². The van der Waals surface area contributed by atoms with Gasteiger partial charge in [-0.3, -0.25) is 10.1 Å². The molecule has 0 bridgehead atoms. The Labute approximate surface area is 178 Å². The van der Waals surface area contributed by atoms with Gasteiger partial charge in [-0.15, -0.1) is 11.8 Å². The minimum atomic E-state index is -0.289. The highest BCUT2D eigenvalue weighted by molar-refractivity contribution is 7.99. The highest BCUT2D eigenvalue weighted by Gasteiger charge is 2.28. The number of aromatic nitrogens is 1. The molecule has 2 aromatic rings. The lowest BCUT2D eigenvalue weighted by atomic mass is 10.2. The predicted molar refractivity (Wildman–Crippen MR) is 114 cm³/mol. The molecule has 1 fully saturated rings. The smallest absolute Gasteiger partial charge is 0.295 e. The van der Waals surface area contributed by atoms with E-state index in [1.54, 1.807) is 12.3 Å². The maximum absolute atomic E-state index is 11.7. The zero-order valence-electron chi connectivity index (χ0n) is 15.3. The summed E-state index contributed by atoms with van der Waals surface area (Å²) in [4.78, 5) is 17.5. The van der Waals surface area contributed by atoms with Crippen LogP contribution in [0.15, 0.2) is 54.1 Å². The predicted octanol–water partition coefficient (Wildman–Crippen LogP) is 4.73. The molecule has 1 unspecified atom stereocenters. The molecule has 0 amide bonds. The van der Waals surface area contributed by atoms with E-state index in [1.165, 1.54) is 11.8 Å². The minimum Gasteiger partial charge on any atom is -0.365 e. The molecule has 1 aromatic heterocycles. The molecule has 1 aromatic carbocycles. The van der Waals surface area contributed by atoms with Gasteiger partial charge in [-0.25, -0.2) is 4.98 Å². The Morgan fingerprint density at radius 3 is 2.71 bits per heavy atom. The molecule has 0 saturated carbocycles. The minimum absolute atomic E-state index is 0.114. The first-order valence-corrected chi connectivity index (χ1v) is 10.6. The van der Waals surface area contributed by atoms with Crippen LogP contribution in [0, 0.1) is 10.1 Å². The summed E-state index contributed by atoms with van der Waals surface area (Å²) >= 11 is 13.3. The Kier molecular flexibility index (Phi) is 7.04. The topological polar surface area (TPSA) is 71.3 Å². The average molecular weight is 439 g/mol. The Morgan fingerprint density at radius 2 is 2.07 bits per heavy atom. The Morgan fingerprint density at radius 1 is 1.32 bits per heavy atom. The van der Waals surface area contributed by atoms with Crippen LogP contribution in [0.3, 0.4) is 0 Å². The molecule has 148 valence electrons. The number of benzene rings is 1. The van der Waals surface area contributed by atoms with Gasteiger partial charge < -0.3 is 10.2 Å². The fourth-order valence-electron chi connectivity index (χ4n) is 2.94. The molecule has 6 nitrogen and oxygen atoms in total. The zero-order chi connectivity index (χ0) is 20.1. The van der Waals surface area contributed by atoms with E-state index in [4.69, 9.17) is 23.2 Å². The third-order valence-corrected chi connectivity index (χ3v) is 6.14. The van der Waals surface area contributed by atoms with Gasteiger partial charge in [-0.1, -0.05) is 41.4 Å². The molecule has 1 saturated heterocycles. The molecule has 1 atom stereocenters. The van der Waals surface area contributed by atoms with E-state index in [9.17, 15) is 10.1 Å². The molecule has 0 spiro atoms. The van der Waals surface area contributed by atoms with E-state index in [2.05, 4.69) is 10.3 Å². The first-order chi connectivity index (χ1) is 13.4. The Hall–Kier alpha value is -1.96. The summed E-state index contributed by atoms with van der Waals surface area (Å²) in [5.41, 5.74) is 2.23. The average Bonchev–Trinajstić information content (AvgIpc) is 3.12. The SMILES string of the molecule is CC(SC/C(=C1/NCCN1Cc1ccc(Cl)nc1)[N+](=O)[O-])c1ccc(Cl)cc1. The molecule has 1 N–H and O–H groups in total. The lowest BCUT2D eigenvalue weighted by molar-refractivity contribution is -0.425. The van der Waals surface area contributed by atoms with Gasteiger partial charge in [0.2, 0.25) is 0 Å². The lowest BCUT2D eigenvalue weighted by Crippen LogP contribution is -2.24. The molecular weight excluding hydrogens is 419 g/mol. The van der Waals surface area contributed by atoms with Crippen LogP contribution in [0.2, 0.25) is 10.2 Å². The number of nitrogens with one attached hydrogen (secondary N) is 1. The maximum atomic E-state index is 11.7. The van der Waals surface area contributed by atoms with E-state index in [1.807, 2.05) is 42.2 Å². The Bertz CT molecular complexity index is 859. The molecule has 9 heteroatoms. The normalized spacial score (nSPS) is 16.6. The second-order valence-corrected chi connectivity index (χ2v) is 8.55. The van der Waals surface area contributed by atoms with Crippen molar-refractivity contribution in [2.24, 2.45) is 0 Å². The van der Waals surface area contributed by atoms with Crippen LogP contribution in [0.1, 0.15) is 23.3 Å². The molecule has 0 radical (unpaired) electrons. The van der Waals surface area contributed by atoms with Crippen molar-refractivity contribution in [2.45, 2.75) is 18.7 Å². The quantitative estimate of drug-likeness (QED) is 0.382. The van der Waals surface area contributed by atoms with Crippen molar-refractivity contribution < 1.29 is 4.92 Å². The van der Waals surface area contributed by atoms with Crippen molar-refractivity contribution in [3.8, 4) is 0 Å². The fraction of sp³-hybridized carbons (Fsp3) is 0.316. The van der Waals surface area contributed by atoms with Crippen molar-refractivity contribution in [1.29, 1.82) is 0 Å². The molecule has 3 rings (SSSR count). The summed E-state index contributed by atoms with van der Waals surface area (Å²) in [5, 5.41) is 16.1. The van der Waals surface area contributed by atoms with Crippen LogP contribution < -0.4 is 5.32 Å². The maximum Gasteiger partial charge on any atom is 0.295 e. The number of thioether (sulfide) groups is 1. The van der Waals surface area contributed by atoms with Gasteiger partial charge in [-0.05, 0) is 36.2 Å². The van der Waals surface area contributed by atoms with Crippen LogP contribution in [0.5, 0.6) is 0 Å². The van der Waals surface area contributed by atoms with Gasteiger partial charge in [0.1, 0.15) is 5.15 Å². The van der Waals surface area contributed by atoms with E-state index in [0.717, 1.165) is 11.1 Å². The standard InChI is InChI=1S/C19H20Cl2N4O2S/c1-13(15-3-5-16(20)6-4-15)28-12-17(25(26)27)19-22-8-9-24(19)11-14-2-7-18(21)23-10-14/h2-7,10,13,22H,8-9,11-12H2,1H3/b19-17+. The summed E-state index contributed by atoms with van der Waals surface area (Å²) < 4.78 is 0. The van der Waals surface area contributed by atoms with Gasteiger partial charge in [-0.2, -0.15) is 0 Å². The highest BCUT2D eigenvalue weighted by atomic mass is 35.5. The van der Waals surface area contributed by atoms with Crippen molar-refractivity contribution in [3.63, 3.8) is 0 Å². The van der Waals surface area contributed by atoms with Crippen LogP contribution in [-0.4, -0.2) is 33.6 Å². The number of halogens is 2. The molecule has 1 aliphatic rings. The van der Waals surface area contributed by atoms with Crippen LogP contribution in [0.4, 0.5) is 0 Å². The fourth-order valence-corrected chi connectivity index (χ4v) is 4.17. The lowest BCUT2D eigenvalue weighted by Gasteiger charge is -2.19. The number of pyridine rings is 1. The number of nitro groups is 1. The van der Waals surface area contributed by atoms with Crippen LogP contribution in [-0.2, 0) is 6.54 Å². The summed E-state index contributed by atoms with van der Waals surface area (Å²) in [7, 11) is 0. The third kappa shape index (κ3) is 5.31. The largest absolute Gasteiger partial charge is 0.365 e. The molecule has 0 aliphatic carbocycles.